The molecule has 0 bridgehead atoms. The van der Waals surface area contributed by atoms with Crippen LogP contribution in [0, 0.1) is 0 Å². The molecule has 0 aliphatic heterocycles. The fourth-order valence-electron chi connectivity index (χ4n) is 1.00. The Labute approximate surface area is 89.3 Å². The molecule has 0 fully saturated rings. The number of hydrogen-bond donors (Lipinski definition) is 3. The lowest BCUT2D eigenvalue weighted by Crippen LogP contribution is -2.15. The Bertz CT molecular complexity index is 319. The molecule has 0 aliphatic carbocycles. The second kappa shape index (κ2) is 4.28. The highest BCUT2D eigenvalue weighted by atomic mass is 79.9. The van der Waals surface area contributed by atoms with Crippen LogP contribution in [0.3, 0.4) is 0 Å². The monoisotopic (exact) mass is 265 g/mol. The number of aromatic hydroxyl groups is 1. The van der Waals surface area contributed by atoms with Crippen molar-refractivity contribution in [2.24, 2.45) is 5.73 Å². The Morgan fingerprint density at radius 1 is 1.54 bits per heavy atom. The molecular weight excluding hydrogens is 257 g/mol. The van der Waals surface area contributed by atoms with Crippen LogP contribution >= 0.6 is 27.5 Å². The fourth-order valence-corrected chi connectivity index (χ4v) is 1.64. The van der Waals surface area contributed by atoms with Crippen LogP contribution in [0.5, 0.6) is 5.75 Å². The van der Waals surface area contributed by atoms with E-state index in [9.17, 15) is 5.11 Å². The van der Waals surface area contributed by atoms with E-state index in [-0.39, 0.29) is 12.4 Å². The third-order valence-electron chi connectivity index (χ3n) is 1.68. The van der Waals surface area contributed by atoms with E-state index in [1.54, 1.807) is 12.1 Å². The Morgan fingerprint density at radius 3 is 2.69 bits per heavy atom. The van der Waals surface area contributed by atoms with Gasteiger partial charge in [0.15, 0.2) is 0 Å². The van der Waals surface area contributed by atoms with Crippen molar-refractivity contribution in [2.45, 2.75) is 6.04 Å². The lowest BCUT2D eigenvalue weighted by molar-refractivity contribution is 0.265. The number of nitrogens with two attached hydrogens (primary N) is 1. The number of phenolic OH excluding ortho intramolecular Hbond substituents is 1. The van der Waals surface area contributed by atoms with Crippen molar-refractivity contribution in [3.8, 4) is 5.75 Å². The third kappa shape index (κ3) is 2.14. The molecule has 0 spiro atoms. The predicted octanol–water partition coefficient (Wildman–Crippen LogP) is 1.80. The molecular formula is C8H9BrClNO2. The summed E-state index contributed by atoms with van der Waals surface area (Å²) in [5.74, 6) is -0.0194. The molecule has 1 aromatic rings. The summed E-state index contributed by atoms with van der Waals surface area (Å²) < 4.78 is 0.510. The summed E-state index contributed by atoms with van der Waals surface area (Å²) in [5, 5.41) is 18.7. The zero-order chi connectivity index (χ0) is 10.0. The van der Waals surface area contributed by atoms with Gasteiger partial charge in [-0.15, -0.1) is 0 Å². The van der Waals surface area contributed by atoms with Gasteiger partial charge in [0.25, 0.3) is 0 Å². The van der Waals surface area contributed by atoms with Gasteiger partial charge in [0, 0.05) is 10.6 Å². The number of aliphatic hydroxyl groups excluding tert-OH is 1. The van der Waals surface area contributed by atoms with Crippen molar-refractivity contribution in [2.75, 3.05) is 6.61 Å². The first-order chi connectivity index (χ1) is 6.07. The molecule has 0 amide bonds. The first kappa shape index (κ1) is 10.8. The summed E-state index contributed by atoms with van der Waals surface area (Å²) in [6.45, 7) is -0.260. The van der Waals surface area contributed by atoms with Crippen LogP contribution in [-0.2, 0) is 0 Å². The number of benzene rings is 1. The molecule has 0 heterocycles. The van der Waals surface area contributed by atoms with Crippen molar-refractivity contribution in [3.05, 3.63) is 27.2 Å². The predicted molar refractivity (Wildman–Crippen MR) is 54.8 cm³/mol. The van der Waals surface area contributed by atoms with Crippen LogP contribution in [0.15, 0.2) is 16.6 Å². The van der Waals surface area contributed by atoms with Crippen LogP contribution < -0.4 is 5.73 Å². The topological polar surface area (TPSA) is 66.5 Å². The number of halogens is 2. The van der Waals surface area contributed by atoms with Gasteiger partial charge in [-0.3, -0.25) is 0 Å². The molecule has 0 aromatic heterocycles. The molecule has 1 rings (SSSR count). The van der Waals surface area contributed by atoms with E-state index in [1.165, 1.54) is 0 Å². The Kier molecular flexibility index (Phi) is 3.55. The second-order valence-corrected chi connectivity index (χ2v) is 3.84. The maximum atomic E-state index is 9.56. The van der Waals surface area contributed by atoms with Crippen LogP contribution in [0.4, 0.5) is 0 Å². The zero-order valence-electron chi connectivity index (χ0n) is 6.67. The van der Waals surface area contributed by atoms with E-state index >= 15 is 0 Å². The highest BCUT2D eigenvalue weighted by molar-refractivity contribution is 9.10. The lowest BCUT2D eigenvalue weighted by atomic mass is 10.1. The number of rotatable bonds is 2. The van der Waals surface area contributed by atoms with Crippen molar-refractivity contribution in [3.63, 3.8) is 0 Å². The minimum absolute atomic E-state index is 0.0194. The zero-order valence-corrected chi connectivity index (χ0v) is 9.01. The van der Waals surface area contributed by atoms with Crippen LogP contribution in [-0.4, -0.2) is 16.8 Å². The summed E-state index contributed by atoms with van der Waals surface area (Å²) in [6, 6.07) is 2.56. The molecule has 72 valence electrons. The Balaban J connectivity index is 3.25. The highest BCUT2D eigenvalue weighted by Gasteiger charge is 2.16. The molecule has 13 heavy (non-hydrogen) atoms. The first-order valence-corrected chi connectivity index (χ1v) is 4.78. The summed E-state index contributed by atoms with van der Waals surface area (Å²) >= 11 is 8.94. The van der Waals surface area contributed by atoms with Gasteiger partial charge in [0.1, 0.15) is 5.75 Å². The van der Waals surface area contributed by atoms with Gasteiger partial charge in [-0.05, 0) is 28.1 Å². The number of aliphatic hydroxyl groups is 1. The summed E-state index contributed by atoms with van der Waals surface area (Å²) in [7, 11) is 0. The van der Waals surface area contributed by atoms with Gasteiger partial charge in [-0.1, -0.05) is 11.6 Å². The van der Waals surface area contributed by atoms with Crippen molar-refractivity contribution < 1.29 is 10.2 Å². The quantitative estimate of drug-likeness (QED) is 0.765. The van der Waals surface area contributed by atoms with E-state index < -0.39 is 6.04 Å². The summed E-state index contributed by atoms with van der Waals surface area (Å²) in [5.41, 5.74) is 5.91. The van der Waals surface area contributed by atoms with Gasteiger partial charge < -0.3 is 15.9 Å². The highest BCUT2D eigenvalue weighted by Crippen LogP contribution is 2.36. The van der Waals surface area contributed by atoms with Crippen molar-refractivity contribution >= 4 is 27.5 Å². The normalized spacial score (nSPS) is 12.9. The van der Waals surface area contributed by atoms with Gasteiger partial charge >= 0.3 is 0 Å². The molecule has 5 heteroatoms. The average Bonchev–Trinajstić information content (AvgIpc) is 2.12. The molecule has 0 aliphatic rings. The van der Waals surface area contributed by atoms with Crippen molar-refractivity contribution in [1.29, 1.82) is 0 Å². The molecule has 4 N–H and O–H groups in total. The number of hydrogen-bond acceptors (Lipinski definition) is 3. The molecule has 0 saturated heterocycles. The Hall–Kier alpha value is -0.290. The summed E-state index contributed by atoms with van der Waals surface area (Å²) in [4.78, 5) is 0. The third-order valence-corrected chi connectivity index (χ3v) is 2.65. The van der Waals surface area contributed by atoms with E-state index in [2.05, 4.69) is 15.9 Å². The maximum absolute atomic E-state index is 9.56. The molecule has 0 unspecified atom stereocenters. The minimum Gasteiger partial charge on any atom is -0.506 e. The standard InChI is InChI=1S/C8H9BrClNO2/c9-4-1-2-5(10)7(8(4)13)6(11)3-12/h1-2,6,12-13H,3,11H2/t6-/m1/s1. The van der Waals surface area contributed by atoms with E-state index in [1.807, 2.05) is 0 Å². The average molecular weight is 267 g/mol. The van der Waals surface area contributed by atoms with Crippen molar-refractivity contribution in [1.82, 2.24) is 0 Å². The smallest absolute Gasteiger partial charge is 0.136 e. The van der Waals surface area contributed by atoms with Crippen LogP contribution in [0.25, 0.3) is 0 Å². The Morgan fingerprint density at radius 2 is 2.15 bits per heavy atom. The largest absolute Gasteiger partial charge is 0.506 e. The van der Waals surface area contributed by atoms with E-state index in [4.69, 9.17) is 22.4 Å². The fraction of sp³-hybridized carbons (Fsp3) is 0.250. The lowest BCUT2D eigenvalue weighted by Gasteiger charge is -2.13. The van der Waals surface area contributed by atoms with Crippen LogP contribution in [0.1, 0.15) is 11.6 Å². The SMILES string of the molecule is N[C@H](CO)c1c(Cl)ccc(Br)c1O. The minimum atomic E-state index is -0.662. The second-order valence-electron chi connectivity index (χ2n) is 2.58. The van der Waals surface area contributed by atoms with Gasteiger partial charge in [0.2, 0.25) is 0 Å². The number of phenols is 1. The molecule has 0 radical (unpaired) electrons. The van der Waals surface area contributed by atoms with Gasteiger partial charge in [-0.25, -0.2) is 0 Å². The maximum Gasteiger partial charge on any atom is 0.136 e. The molecule has 1 atom stereocenters. The molecule has 0 saturated carbocycles. The summed E-state index contributed by atoms with van der Waals surface area (Å²) in [6.07, 6.45) is 0. The molecule has 1 aromatic carbocycles. The first-order valence-electron chi connectivity index (χ1n) is 3.61. The van der Waals surface area contributed by atoms with E-state index in [0.717, 1.165) is 0 Å². The van der Waals surface area contributed by atoms with E-state index in [0.29, 0.717) is 15.1 Å². The van der Waals surface area contributed by atoms with Gasteiger partial charge in [-0.2, -0.15) is 0 Å². The van der Waals surface area contributed by atoms with Crippen LogP contribution in [0.2, 0.25) is 5.02 Å². The van der Waals surface area contributed by atoms with Gasteiger partial charge in [0.05, 0.1) is 17.1 Å². The molecule has 3 nitrogen and oxygen atoms in total.